The quantitative estimate of drug-likeness (QED) is 0.778. The van der Waals surface area contributed by atoms with E-state index in [1.54, 1.807) is 10.7 Å². The normalized spacial score (nSPS) is 14.2. The minimum atomic E-state index is -0.932. The lowest BCUT2D eigenvalue weighted by molar-refractivity contribution is 0.0698. The Bertz CT molecular complexity index is 943. The largest absolute Gasteiger partial charge is 0.478 e. The Morgan fingerprint density at radius 2 is 2.04 bits per heavy atom. The number of carbonyl (C=O) groups is 1. The van der Waals surface area contributed by atoms with E-state index in [0.717, 1.165) is 24.1 Å². The lowest BCUT2D eigenvalue weighted by atomic mass is 10.1. The van der Waals surface area contributed by atoms with Gasteiger partial charge in [0.2, 0.25) is 0 Å². The zero-order valence-electron chi connectivity index (χ0n) is 13.2. The van der Waals surface area contributed by atoms with Gasteiger partial charge >= 0.3 is 5.97 Å². The molecule has 2 aromatic heterocycles. The van der Waals surface area contributed by atoms with Crippen molar-refractivity contribution in [2.75, 3.05) is 0 Å². The third-order valence-electron chi connectivity index (χ3n) is 4.37. The van der Waals surface area contributed by atoms with E-state index in [9.17, 15) is 9.90 Å². The topological polar surface area (TPSA) is 68.0 Å². The van der Waals surface area contributed by atoms with Gasteiger partial charge in [0, 0.05) is 16.6 Å². The van der Waals surface area contributed by atoms with E-state index in [4.69, 9.17) is 16.6 Å². The van der Waals surface area contributed by atoms with Gasteiger partial charge in [-0.3, -0.25) is 0 Å². The molecule has 0 unspecified atom stereocenters. The second-order valence-electron chi connectivity index (χ2n) is 6.24. The van der Waals surface area contributed by atoms with Crippen LogP contribution in [0.3, 0.4) is 0 Å². The fourth-order valence-corrected chi connectivity index (χ4v) is 3.13. The lowest BCUT2D eigenvalue weighted by Crippen LogP contribution is -2.05. The summed E-state index contributed by atoms with van der Waals surface area (Å²) in [5.41, 5.74) is 3.52. The smallest absolute Gasteiger partial charge is 0.336 e. The molecule has 1 aliphatic rings. The minimum Gasteiger partial charge on any atom is -0.478 e. The molecule has 1 fully saturated rings. The van der Waals surface area contributed by atoms with Crippen LogP contribution in [0.25, 0.3) is 11.0 Å². The van der Waals surface area contributed by atoms with Gasteiger partial charge in [-0.1, -0.05) is 23.7 Å². The van der Waals surface area contributed by atoms with Crippen LogP contribution in [0.2, 0.25) is 5.02 Å². The number of fused-ring (bicyclic) bond motifs is 1. The van der Waals surface area contributed by atoms with Crippen LogP contribution < -0.4 is 0 Å². The second-order valence-corrected chi connectivity index (χ2v) is 6.68. The first-order valence-corrected chi connectivity index (χ1v) is 8.26. The number of halogens is 1. The fourth-order valence-electron chi connectivity index (χ4n) is 3.00. The molecule has 1 aromatic carbocycles. The molecule has 1 N–H and O–H groups in total. The maximum atomic E-state index is 11.7. The Morgan fingerprint density at radius 1 is 1.33 bits per heavy atom. The molecular weight excluding hydrogens is 326 g/mol. The maximum Gasteiger partial charge on any atom is 0.336 e. The molecule has 2 heterocycles. The number of carboxylic acid groups (broad SMARTS) is 1. The molecule has 4 rings (SSSR count). The van der Waals surface area contributed by atoms with Crippen molar-refractivity contribution in [2.24, 2.45) is 0 Å². The second kappa shape index (κ2) is 5.60. The standard InChI is InChI=1S/C18H16ClN3O2/c1-10-16-14(18(23)24)8-15(12-4-5-12)20-17(16)22(21-10)9-11-2-6-13(19)7-3-11/h2-3,6-8,12H,4-5,9H2,1H3,(H,23,24). The summed E-state index contributed by atoms with van der Waals surface area (Å²) in [7, 11) is 0. The van der Waals surface area contributed by atoms with E-state index in [-0.39, 0.29) is 0 Å². The first-order chi connectivity index (χ1) is 11.5. The van der Waals surface area contributed by atoms with Crippen molar-refractivity contribution in [2.45, 2.75) is 32.2 Å². The van der Waals surface area contributed by atoms with Gasteiger partial charge in [0.05, 0.1) is 23.2 Å². The number of pyridine rings is 1. The molecule has 0 atom stereocenters. The molecule has 24 heavy (non-hydrogen) atoms. The summed E-state index contributed by atoms with van der Waals surface area (Å²) in [5, 5.41) is 15.4. The summed E-state index contributed by atoms with van der Waals surface area (Å²) in [5.74, 6) is -0.551. The predicted octanol–water partition coefficient (Wildman–Crippen LogP) is 4.02. The van der Waals surface area contributed by atoms with Gasteiger partial charge in [0.15, 0.2) is 5.65 Å². The number of hydrogen-bond acceptors (Lipinski definition) is 3. The van der Waals surface area contributed by atoms with Gasteiger partial charge < -0.3 is 5.11 Å². The van der Waals surface area contributed by atoms with Crippen LogP contribution in [0.4, 0.5) is 0 Å². The molecule has 122 valence electrons. The number of aromatic nitrogens is 3. The summed E-state index contributed by atoms with van der Waals surface area (Å²) < 4.78 is 1.78. The number of aromatic carboxylic acids is 1. The Morgan fingerprint density at radius 3 is 2.67 bits per heavy atom. The fraction of sp³-hybridized carbons (Fsp3) is 0.278. The van der Waals surface area contributed by atoms with Gasteiger partial charge in [-0.25, -0.2) is 14.5 Å². The molecule has 0 saturated heterocycles. The van der Waals surface area contributed by atoms with Crippen LogP contribution in [0, 0.1) is 6.92 Å². The Hall–Kier alpha value is -2.40. The van der Waals surface area contributed by atoms with Crippen LogP contribution in [0.5, 0.6) is 0 Å². The van der Waals surface area contributed by atoms with E-state index in [1.807, 2.05) is 31.2 Å². The molecule has 0 bridgehead atoms. The Labute approximate surface area is 143 Å². The molecule has 3 aromatic rings. The summed E-state index contributed by atoms with van der Waals surface area (Å²) in [6, 6.07) is 9.26. The van der Waals surface area contributed by atoms with Crippen LogP contribution in [0.1, 0.15) is 46.1 Å². The Balaban J connectivity index is 1.86. The number of nitrogens with zero attached hydrogens (tertiary/aromatic N) is 3. The molecule has 0 spiro atoms. The van der Waals surface area contributed by atoms with E-state index in [2.05, 4.69) is 5.10 Å². The summed E-state index contributed by atoms with van der Waals surface area (Å²) in [6.07, 6.45) is 2.14. The number of carboxylic acids is 1. The van der Waals surface area contributed by atoms with Crippen LogP contribution in [0.15, 0.2) is 30.3 Å². The van der Waals surface area contributed by atoms with E-state index in [1.165, 1.54) is 0 Å². The monoisotopic (exact) mass is 341 g/mol. The van der Waals surface area contributed by atoms with Crippen molar-refractivity contribution in [3.05, 3.63) is 57.9 Å². The molecule has 0 aliphatic heterocycles. The number of benzene rings is 1. The highest BCUT2D eigenvalue weighted by atomic mass is 35.5. The van der Waals surface area contributed by atoms with Crippen LogP contribution >= 0.6 is 11.6 Å². The third-order valence-corrected chi connectivity index (χ3v) is 4.62. The average Bonchev–Trinajstić information content (AvgIpc) is 3.35. The highest BCUT2D eigenvalue weighted by Crippen LogP contribution is 2.40. The molecule has 1 aliphatic carbocycles. The van der Waals surface area contributed by atoms with Crippen LogP contribution in [-0.4, -0.2) is 25.8 Å². The molecule has 5 nitrogen and oxygen atoms in total. The van der Waals surface area contributed by atoms with Gasteiger partial charge in [-0.15, -0.1) is 0 Å². The summed E-state index contributed by atoms with van der Waals surface area (Å²) in [4.78, 5) is 16.4. The van der Waals surface area contributed by atoms with Crippen LogP contribution in [-0.2, 0) is 6.54 Å². The molecule has 0 amide bonds. The maximum absolute atomic E-state index is 11.7. The SMILES string of the molecule is Cc1nn(Cc2ccc(Cl)cc2)c2nc(C3CC3)cc(C(=O)O)c12. The average molecular weight is 342 g/mol. The molecule has 1 saturated carbocycles. The van der Waals surface area contributed by atoms with Gasteiger partial charge in [0.25, 0.3) is 0 Å². The van der Waals surface area contributed by atoms with Crippen molar-refractivity contribution >= 4 is 28.6 Å². The molecule has 0 radical (unpaired) electrons. The lowest BCUT2D eigenvalue weighted by Gasteiger charge is -2.06. The number of rotatable bonds is 4. The zero-order valence-corrected chi connectivity index (χ0v) is 13.9. The van der Waals surface area contributed by atoms with E-state index < -0.39 is 5.97 Å². The van der Waals surface area contributed by atoms with Crippen molar-refractivity contribution in [1.82, 2.24) is 14.8 Å². The van der Waals surface area contributed by atoms with Crippen molar-refractivity contribution in [3.8, 4) is 0 Å². The highest BCUT2D eigenvalue weighted by molar-refractivity contribution is 6.30. The van der Waals surface area contributed by atoms with Gasteiger partial charge in [-0.2, -0.15) is 5.10 Å². The van der Waals surface area contributed by atoms with Crippen molar-refractivity contribution in [3.63, 3.8) is 0 Å². The third kappa shape index (κ3) is 2.65. The predicted molar refractivity (Wildman–Crippen MR) is 91.8 cm³/mol. The molecule has 6 heteroatoms. The Kier molecular flexibility index (Phi) is 3.53. The summed E-state index contributed by atoms with van der Waals surface area (Å²) in [6.45, 7) is 2.35. The van der Waals surface area contributed by atoms with Gasteiger partial charge in [-0.05, 0) is 43.5 Å². The zero-order chi connectivity index (χ0) is 16.8. The molecular formula is C18H16ClN3O2. The number of aryl methyl sites for hydroxylation is 1. The van der Waals surface area contributed by atoms with E-state index in [0.29, 0.717) is 39.8 Å². The minimum absolute atomic E-state index is 0.293. The first kappa shape index (κ1) is 15.1. The van der Waals surface area contributed by atoms with Crippen molar-refractivity contribution < 1.29 is 9.90 Å². The number of hydrogen-bond donors (Lipinski definition) is 1. The van der Waals surface area contributed by atoms with Crippen molar-refractivity contribution in [1.29, 1.82) is 0 Å². The van der Waals surface area contributed by atoms with E-state index >= 15 is 0 Å². The van der Waals surface area contributed by atoms with Gasteiger partial charge in [0.1, 0.15) is 0 Å². The highest BCUT2D eigenvalue weighted by Gasteiger charge is 2.28. The first-order valence-electron chi connectivity index (χ1n) is 7.88. The summed E-state index contributed by atoms with van der Waals surface area (Å²) >= 11 is 5.93.